The van der Waals surface area contributed by atoms with Gasteiger partial charge in [0.2, 0.25) is 0 Å². The summed E-state index contributed by atoms with van der Waals surface area (Å²) in [5.74, 6) is -0.686. The Kier molecular flexibility index (Phi) is 6.67. The molecule has 0 spiro atoms. The highest BCUT2D eigenvalue weighted by molar-refractivity contribution is 7.92. The summed E-state index contributed by atoms with van der Waals surface area (Å²) in [6.45, 7) is 0. The summed E-state index contributed by atoms with van der Waals surface area (Å²) in [7, 11) is -3.90. The second-order valence-corrected chi connectivity index (χ2v) is 9.23. The Hall–Kier alpha value is -4.08. The predicted octanol–water partition coefficient (Wildman–Crippen LogP) is 5.24. The number of amides is 2. The van der Waals surface area contributed by atoms with Gasteiger partial charge in [0.15, 0.2) is 5.76 Å². The third-order valence-electron chi connectivity index (χ3n) is 4.63. The molecule has 0 atom stereocenters. The number of sulfonamides is 1. The van der Waals surface area contributed by atoms with E-state index in [1.807, 2.05) is 0 Å². The van der Waals surface area contributed by atoms with Crippen LogP contribution in [0.25, 0.3) is 0 Å². The topological polar surface area (TPSA) is 118 Å². The number of hydrogen-bond donors (Lipinski definition) is 3. The van der Waals surface area contributed by atoms with E-state index < -0.39 is 21.8 Å². The third-order valence-corrected chi connectivity index (χ3v) is 6.24. The fourth-order valence-corrected chi connectivity index (χ4v) is 4.30. The number of hydrogen-bond acceptors (Lipinski definition) is 5. The van der Waals surface area contributed by atoms with Crippen molar-refractivity contribution in [3.8, 4) is 0 Å². The molecule has 3 aromatic carbocycles. The largest absolute Gasteiger partial charge is 0.459 e. The average Bonchev–Trinajstić information content (AvgIpc) is 3.35. The molecule has 3 N–H and O–H groups in total. The number of rotatable bonds is 7. The number of halogens is 1. The molecule has 0 aliphatic heterocycles. The van der Waals surface area contributed by atoms with Gasteiger partial charge in [-0.3, -0.25) is 14.3 Å². The lowest BCUT2D eigenvalue weighted by Crippen LogP contribution is -2.15. The highest BCUT2D eigenvalue weighted by Crippen LogP contribution is 2.22. The zero-order chi connectivity index (χ0) is 24.1. The summed E-state index contributed by atoms with van der Waals surface area (Å²) in [5.41, 5.74) is 1.43. The fraction of sp³-hybridized carbons (Fsp3) is 0. The lowest BCUT2D eigenvalue weighted by atomic mass is 10.2. The molecule has 1 aromatic heterocycles. The first-order chi connectivity index (χ1) is 16.3. The number of carbonyl (C=O) groups excluding carboxylic acids is 2. The molecular weight excluding hydrogens is 478 g/mol. The molecule has 8 nitrogen and oxygen atoms in total. The Morgan fingerprint density at radius 3 is 2.15 bits per heavy atom. The molecule has 0 bridgehead atoms. The predicted molar refractivity (Wildman–Crippen MR) is 130 cm³/mol. The fourth-order valence-electron chi connectivity index (χ4n) is 3.02. The normalized spacial score (nSPS) is 11.0. The van der Waals surface area contributed by atoms with Gasteiger partial charge >= 0.3 is 0 Å². The van der Waals surface area contributed by atoms with Crippen LogP contribution >= 0.6 is 11.6 Å². The first-order valence-corrected chi connectivity index (χ1v) is 11.8. The maximum atomic E-state index is 12.7. The molecule has 34 heavy (non-hydrogen) atoms. The molecule has 0 fully saturated rings. The van der Waals surface area contributed by atoms with Crippen LogP contribution in [0.1, 0.15) is 20.9 Å². The van der Waals surface area contributed by atoms with Crippen molar-refractivity contribution in [2.75, 3.05) is 15.4 Å². The summed E-state index contributed by atoms with van der Waals surface area (Å²) in [5, 5.41) is 5.73. The van der Waals surface area contributed by atoms with Crippen LogP contribution in [0.2, 0.25) is 5.02 Å². The van der Waals surface area contributed by atoms with Crippen molar-refractivity contribution in [3.63, 3.8) is 0 Å². The van der Waals surface area contributed by atoms with Gasteiger partial charge in [-0.05, 0) is 72.8 Å². The van der Waals surface area contributed by atoms with Gasteiger partial charge in [0.25, 0.3) is 21.8 Å². The molecule has 0 aliphatic carbocycles. The van der Waals surface area contributed by atoms with Gasteiger partial charge in [-0.1, -0.05) is 23.7 Å². The smallest absolute Gasteiger partial charge is 0.291 e. The Bertz CT molecular complexity index is 1440. The minimum absolute atomic E-state index is 0.0266. The molecule has 1 heterocycles. The maximum Gasteiger partial charge on any atom is 0.291 e. The van der Waals surface area contributed by atoms with E-state index in [9.17, 15) is 18.0 Å². The Morgan fingerprint density at radius 1 is 0.735 bits per heavy atom. The number of furan rings is 1. The van der Waals surface area contributed by atoms with Gasteiger partial charge in [0, 0.05) is 22.0 Å². The van der Waals surface area contributed by atoms with E-state index in [1.165, 1.54) is 48.7 Å². The van der Waals surface area contributed by atoms with Gasteiger partial charge in [-0.15, -0.1) is 0 Å². The molecule has 10 heteroatoms. The molecule has 0 radical (unpaired) electrons. The van der Waals surface area contributed by atoms with Crippen molar-refractivity contribution < 1.29 is 22.4 Å². The highest BCUT2D eigenvalue weighted by atomic mass is 35.5. The van der Waals surface area contributed by atoms with E-state index in [2.05, 4.69) is 15.4 Å². The molecular formula is C24H18ClN3O5S. The summed E-state index contributed by atoms with van der Waals surface area (Å²) < 4.78 is 32.9. The van der Waals surface area contributed by atoms with Crippen molar-refractivity contribution in [1.29, 1.82) is 0 Å². The number of anilines is 3. The lowest BCUT2D eigenvalue weighted by Gasteiger charge is -2.11. The molecule has 0 unspecified atom stereocenters. The minimum atomic E-state index is -3.90. The number of benzene rings is 3. The Morgan fingerprint density at radius 2 is 1.44 bits per heavy atom. The first-order valence-electron chi connectivity index (χ1n) is 9.95. The maximum absolute atomic E-state index is 12.7. The van der Waals surface area contributed by atoms with Gasteiger partial charge in [0.05, 0.1) is 16.8 Å². The van der Waals surface area contributed by atoms with Crippen molar-refractivity contribution in [3.05, 3.63) is 108 Å². The summed E-state index contributed by atoms with van der Waals surface area (Å²) in [4.78, 5) is 24.6. The van der Waals surface area contributed by atoms with Crippen LogP contribution in [0.3, 0.4) is 0 Å². The molecule has 4 rings (SSSR count). The van der Waals surface area contributed by atoms with E-state index >= 15 is 0 Å². The monoisotopic (exact) mass is 495 g/mol. The lowest BCUT2D eigenvalue weighted by molar-refractivity contribution is 0.0995. The average molecular weight is 496 g/mol. The van der Waals surface area contributed by atoms with E-state index in [0.717, 1.165) is 0 Å². The summed E-state index contributed by atoms with van der Waals surface area (Å²) >= 11 is 5.91. The quantitative estimate of drug-likeness (QED) is 0.324. The summed E-state index contributed by atoms with van der Waals surface area (Å²) in [6, 6.07) is 21.6. The molecule has 0 saturated carbocycles. The van der Waals surface area contributed by atoms with E-state index in [0.29, 0.717) is 27.6 Å². The molecule has 172 valence electrons. The van der Waals surface area contributed by atoms with Crippen LogP contribution in [0.5, 0.6) is 0 Å². The molecule has 4 aromatic rings. The van der Waals surface area contributed by atoms with Crippen molar-refractivity contribution in [2.24, 2.45) is 0 Å². The van der Waals surface area contributed by atoms with E-state index in [-0.39, 0.29) is 10.7 Å². The van der Waals surface area contributed by atoms with Crippen LogP contribution in [-0.2, 0) is 10.0 Å². The van der Waals surface area contributed by atoms with Crippen LogP contribution in [0.4, 0.5) is 17.1 Å². The van der Waals surface area contributed by atoms with Gasteiger partial charge in [-0.2, -0.15) is 0 Å². The van der Waals surface area contributed by atoms with Crippen molar-refractivity contribution >= 4 is 50.5 Å². The zero-order valence-corrected chi connectivity index (χ0v) is 19.1. The number of carbonyl (C=O) groups is 2. The van der Waals surface area contributed by atoms with Crippen molar-refractivity contribution in [2.45, 2.75) is 4.90 Å². The highest BCUT2D eigenvalue weighted by Gasteiger charge is 2.16. The Labute approximate surface area is 200 Å². The standard InChI is InChI=1S/C24H18ClN3O5S/c25-17-4-1-6-20(14-17)28-34(31,32)21-7-2-5-19(15-21)27-23(29)16-9-11-18(12-10-16)26-24(30)22-8-3-13-33-22/h1-15,28H,(H,26,30)(H,27,29). The second kappa shape index (κ2) is 9.82. The zero-order valence-electron chi connectivity index (χ0n) is 17.5. The molecule has 0 aliphatic rings. The van der Waals surface area contributed by atoms with Gasteiger partial charge < -0.3 is 15.1 Å². The van der Waals surface area contributed by atoms with E-state index in [4.69, 9.17) is 16.0 Å². The number of nitrogens with one attached hydrogen (secondary N) is 3. The molecule has 2 amide bonds. The Balaban J connectivity index is 1.43. The van der Waals surface area contributed by atoms with Crippen LogP contribution in [-0.4, -0.2) is 20.2 Å². The SMILES string of the molecule is O=C(Nc1cccc(S(=O)(=O)Nc2cccc(Cl)c2)c1)c1ccc(NC(=O)c2ccco2)cc1. The second-order valence-electron chi connectivity index (χ2n) is 7.11. The van der Waals surface area contributed by atoms with Crippen molar-refractivity contribution in [1.82, 2.24) is 0 Å². The minimum Gasteiger partial charge on any atom is -0.459 e. The van der Waals surface area contributed by atoms with Crippen LogP contribution < -0.4 is 15.4 Å². The van der Waals surface area contributed by atoms with E-state index in [1.54, 1.807) is 42.5 Å². The van der Waals surface area contributed by atoms with Gasteiger partial charge in [-0.25, -0.2) is 8.42 Å². The van der Waals surface area contributed by atoms with Crippen LogP contribution in [0, 0.1) is 0 Å². The van der Waals surface area contributed by atoms with Crippen LogP contribution in [0.15, 0.2) is 101 Å². The third kappa shape index (κ3) is 5.64. The van der Waals surface area contributed by atoms with Gasteiger partial charge in [0.1, 0.15) is 0 Å². The summed E-state index contributed by atoms with van der Waals surface area (Å²) in [6.07, 6.45) is 1.40. The first kappa shape index (κ1) is 23.1. The molecule has 0 saturated heterocycles.